The summed E-state index contributed by atoms with van der Waals surface area (Å²) in [7, 11) is 0. The van der Waals surface area contributed by atoms with Gasteiger partial charge in [0, 0.05) is 31.9 Å². The summed E-state index contributed by atoms with van der Waals surface area (Å²) < 4.78 is 7.33. The van der Waals surface area contributed by atoms with Crippen molar-refractivity contribution in [3.05, 3.63) is 59.5 Å². The Bertz CT molecular complexity index is 1020. The van der Waals surface area contributed by atoms with E-state index < -0.39 is 0 Å². The van der Waals surface area contributed by atoms with Crippen LogP contribution in [0.2, 0.25) is 0 Å². The molecule has 1 saturated heterocycles. The van der Waals surface area contributed by atoms with Crippen molar-refractivity contribution >= 4 is 16.8 Å². The zero-order valence-corrected chi connectivity index (χ0v) is 15.4. The normalized spacial score (nSPS) is 16.9. The minimum absolute atomic E-state index is 0.00695. The highest BCUT2D eigenvalue weighted by atomic mass is 16.5. The van der Waals surface area contributed by atoms with Crippen LogP contribution in [0.5, 0.6) is 5.88 Å². The molecule has 2 aromatic heterocycles. The highest BCUT2D eigenvalue weighted by Crippen LogP contribution is 2.16. The van der Waals surface area contributed by atoms with Crippen LogP contribution in [0.15, 0.2) is 54.0 Å². The Hall–Kier alpha value is -3.29. The van der Waals surface area contributed by atoms with E-state index in [1.54, 1.807) is 35.6 Å². The van der Waals surface area contributed by atoms with Gasteiger partial charge in [0.15, 0.2) is 0 Å². The van der Waals surface area contributed by atoms with Crippen LogP contribution in [-0.4, -0.2) is 49.5 Å². The van der Waals surface area contributed by atoms with Crippen molar-refractivity contribution in [2.45, 2.75) is 31.9 Å². The molecule has 0 aliphatic carbocycles. The maximum absolute atomic E-state index is 12.7. The Morgan fingerprint density at radius 2 is 2.11 bits per heavy atom. The molecule has 28 heavy (non-hydrogen) atoms. The number of aryl methyl sites for hydroxylation is 1. The minimum atomic E-state index is -0.124. The van der Waals surface area contributed by atoms with Gasteiger partial charge in [-0.05, 0) is 25.0 Å². The monoisotopic (exact) mass is 379 g/mol. The molecule has 1 aliphatic heterocycles. The number of carbonyl (C=O) groups is 1. The van der Waals surface area contributed by atoms with Gasteiger partial charge in [-0.25, -0.2) is 9.97 Å². The first-order valence-corrected chi connectivity index (χ1v) is 9.35. The third-order valence-corrected chi connectivity index (χ3v) is 4.86. The largest absolute Gasteiger partial charge is 0.471 e. The predicted octanol–water partition coefficient (Wildman–Crippen LogP) is 1.65. The summed E-state index contributed by atoms with van der Waals surface area (Å²) in [4.78, 5) is 39.4. The van der Waals surface area contributed by atoms with E-state index in [9.17, 15) is 9.59 Å². The van der Waals surface area contributed by atoms with E-state index in [0.29, 0.717) is 36.4 Å². The van der Waals surface area contributed by atoms with E-state index in [1.807, 2.05) is 12.1 Å². The zero-order valence-electron chi connectivity index (χ0n) is 15.4. The van der Waals surface area contributed by atoms with E-state index in [1.165, 1.54) is 10.9 Å². The molecule has 1 fully saturated rings. The van der Waals surface area contributed by atoms with Gasteiger partial charge in [-0.2, -0.15) is 0 Å². The van der Waals surface area contributed by atoms with Gasteiger partial charge in [-0.3, -0.25) is 19.1 Å². The number of aromatic nitrogens is 4. The van der Waals surface area contributed by atoms with E-state index in [0.717, 1.165) is 12.8 Å². The average molecular weight is 379 g/mol. The second kappa shape index (κ2) is 8.16. The maximum atomic E-state index is 12.7. The number of para-hydroxylation sites is 1. The minimum Gasteiger partial charge on any atom is -0.471 e. The van der Waals surface area contributed by atoms with Crippen LogP contribution < -0.4 is 10.3 Å². The van der Waals surface area contributed by atoms with Crippen molar-refractivity contribution in [3.8, 4) is 5.88 Å². The summed E-state index contributed by atoms with van der Waals surface area (Å²) in [5.41, 5.74) is 0.538. The quantitative estimate of drug-likeness (QED) is 0.670. The smallest absolute Gasteiger partial charge is 0.261 e. The van der Waals surface area contributed by atoms with Crippen molar-refractivity contribution in [3.63, 3.8) is 0 Å². The predicted molar refractivity (Wildman–Crippen MR) is 103 cm³/mol. The number of ether oxygens (including phenoxy) is 1. The molecule has 144 valence electrons. The molecular weight excluding hydrogens is 358 g/mol. The van der Waals surface area contributed by atoms with Crippen LogP contribution in [0, 0.1) is 0 Å². The molecule has 0 spiro atoms. The molecule has 1 unspecified atom stereocenters. The molecule has 3 aromatic rings. The molecule has 1 amide bonds. The fourth-order valence-corrected chi connectivity index (χ4v) is 3.42. The standard InChI is InChI=1S/C20H21N5O3/c26-19(7-11-25-14-23-17-6-2-1-5-16(17)20(25)27)24-10-3-4-15(13-24)28-18-12-21-8-9-22-18/h1-2,5-6,8-9,12,14-15H,3-4,7,10-11,13H2. The molecular formula is C20H21N5O3. The van der Waals surface area contributed by atoms with Gasteiger partial charge < -0.3 is 9.64 Å². The van der Waals surface area contributed by atoms with Crippen LogP contribution in [0.4, 0.5) is 0 Å². The third-order valence-electron chi connectivity index (χ3n) is 4.86. The Morgan fingerprint density at radius 1 is 1.21 bits per heavy atom. The molecule has 0 radical (unpaired) electrons. The number of amides is 1. The van der Waals surface area contributed by atoms with E-state index in [4.69, 9.17) is 4.74 Å². The molecule has 1 atom stereocenters. The Morgan fingerprint density at radius 3 is 2.96 bits per heavy atom. The highest BCUT2D eigenvalue weighted by molar-refractivity contribution is 5.77. The maximum Gasteiger partial charge on any atom is 0.261 e. The van der Waals surface area contributed by atoms with E-state index >= 15 is 0 Å². The molecule has 3 heterocycles. The fraction of sp³-hybridized carbons (Fsp3) is 0.350. The number of carbonyl (C=O) groups excluding carboxylic acids is 1. The van der Waals surface area contributed by atoms with Crippen LogP contribution in [0.1, 0.15) is 19.3 Å². The summed E-state index contributed by atoms with van der Waals surface area (Å²) in [5.74, 6) is 0.475. The van der Waals surface area contributed by atoms with Crippen molar-refractivity contribution < 1.29 is 9.53 Å². The van der Waals surface area contributed by atoms with Crippen LogP contribution >= 0.6 is 0 Å². The number of hydrogen-bond donors (Lipinski definition) is 0. The molecule has 0 saturated carbocycles. The number of nitrogens with zero attached hydrogens (tertiary/aromatic N) is 5. The molecule has 4 rings (SSSR count). The third kappa shape index (κ3) is 4.00. The Balaban J connectivity index is 1.37. The van der Waals surface area contributed by atoms with Crippen molar-refractivity contribution in [2.75, 3.05) is 13.1 Å². The van der Waals surface area contributed by atoms with Gasteiger partial charge in [-0.15, -0.1) is 0 Å². The molecule has 1 aromatic carbocycles. The number of fused-ring (bicyclic) bond motifs is 1. The lowest BCUT2D eigenvalue weighted by Gasteiger charge is -2.32. The molecule has 8 heteroatoms. The number of rotatable bonds is 5. The van der Waals surface area contributed by atoms with Crippen LogP contribution in [0.25, 0.3) is 10.9 Å². The van der Waals surface area contributed by atoms with Gasteiger partial charge in [-0.1, -0.05) is 12.1 Å². The summed E-state index contributed by atoms with van der Waals surface area (Å²) >= 11 is 0. The second-order valence-electron chi connectivity index (χ2n) is 6.78. The molecule has 8 nitrogen and oxygen atoms in total. The summed E-state index contributed by atoms with van der Waals surface area (Å²) in [6.45, 7) is 1.52. The number of piperidine rings is 1. The summed E-state index contributed by atoms with van der Waals surface area (Å²) in [5, 5.41) is 0.563. The summed E-state index contributed by atoms with van der Waals surface area (Å²) in [6.07, 6.45) is 8.14. The van der Waals surface area contributed by atoms with Gasteiger partial charge in [0.05, 0.1) is 30.0 Å². The van der Waals surface area contributed by atoms with Crippen molar-refractivity contribution in [1.29, 1.82) is 0 Å². The first kappa shape index (κ1) is 18.1. The van der Waals surface area contributed by atoms with Crippen molar-refractivity contribution in [2.24, 2.45) is 0 Å². The van der Waals surface area contributed by atoms with Gasteiger partial charge in [0.1, 0.15) is 6.10 Å². The van der Waals surface area contributed by atoms with E-state index in [-0.39, 0.29) is 24.0 Å². The van der Waals surface area contributed by atoms with Gasteiger partial charge >= 0.3 is 0 Å². The number of hydrogen-bond acceptors (Lipinski definition) is 6. The van der Waals surface area contributed by atoms with Crippen LogP contribution in [0.3, 0.4) is 0 Å². The molecule has 0 N–H and O–H groups in total. The first-order valence-electron chi connectivity index (χ1n) is 9.35. The summed E-state index contributed by atoms with van der Waals surface area (Å²) in [6, 6.07) is 7.21. The Labute approximate surface area is 161 Å². The Kier molecular flexibility index (Phi) is 5.27. The number of benzene rings is 1. The lowest BCUT2D eigenvalue weighted by atomic mass is 10.1. The molecule has 1 aliphatic rings. The topological polar surface area (TPSA) is 90.2 Å². The second-order valence-corrected chi connectivity index (χ2v) is 6.78. The van der Waals surface area contributed by atoms with Crippen LogP contribution in [-0.2, 0) is 11.3 Å². The molecule has 0 bridgehead atoms. The lowest BCUT2D eigenvalue weighted by Crippen LogP contribution is -2.44. The fourth-order valence-electron chi connectivity index (χ4n) is 3.42. The van der Waals surface area contributed by atoms with Gasteiger partial charge in [0.2, 0.25) is 11.8 Å². The zero-order chi connectivity index (χ0) is 19.3. The van der Waals surface area contributed by atoms with Gasteiger partial charge in [0.25, 0.3) is 5.56 Å². The number of likely N-dealkylation sites (tertiary alicyclic amines) is 1. The lowest BCUT2D eigenvalue weighted by molar-refractivity contribution is -0.134. The SMILES string of the molecule is O=C(CCn1cnc2ccccc2c1=O)N1CCCC(Oc2cnccn2)C1. The highest BCUT2D eigenvalue weighted by Gasteiger charge is 2.25. The first-order chi connectivity index (χ1) is 13.7. The van der Waals surface area contributed by atoms with Crippen molar-refractivity contribution in [1.82, 2.24) is 24.4 Å². The average Bonchev–Trinajstić information content (AvgIpc) is 2.74. The van der Waals surface area contributed by atoms with E-state index in [2.05, 4.69) is 15.0 Å².